The lowest BCUT2D eigenvalue weighted by atomic mass is 10.3. The number of nitrogens with two attached hydrogens (primary N) is 1. The number of amides is 2. The van der Waals surface area contributed by atoms with Crippen molar-refractivity contribution in [2.24, 2.45) is 10.8 Å². The summed E-state index contributed by atoms with van der Waals surface area (Å²) in [7, 11) is 0. The molecule has 0 fully saturated rings. The molecule has 56 valence electrons. The molecule has 0 rings (SSSR count). The smallest absolute Gasteiger partial charge is 0.332 e. The number of Topliss-reactive ketones (excluding diaryl/α,β-unsaturated/α-hetero) is 1. The number of hydrogen-bond donors (Lipinski definition) is 2. The van der Waals surface area contributed by atoms with E-state index in [1.807, 2.05) is 5.43 Å². The van der Waals surface area contributed by atoms with Gasteiger partial charge in [-0.3, -0.25) is 4.79 Å². The number of carbonyl (C=O) groups excluding carboxylic acids is 2. The largest absolute Gasteiger partial charge is 0.350 e. The highest BCUT2D eigenvalue weighted by Crippen LogP contribution is 1.75. The Hall–Kier alpha value is -1.39. The van der Waals surface area contributed by atoms with E-state index < -0.39 is 6.03 Å². The lowest BCUT2D eigenvalue weighted by Gasteiger charge is -1.93. The van der Waals surface area contributed by atoms with Gasteiger partial charge in [-0.05, 0) is 6.92 Å². The standard InChI is InChI=1S/C5H9N3O2/c1-3(4(2)9)7-8-5(6)10/h1-2H3,(H3,6,8,10)/b7-3+. The van der Waals surface area contributed by atoms with E-state index in [2.05, 4.69) is 10.8 Å². The fourth-order valence-corrected chi connectivity index (χ4v) is 0.218. The Morgan fingerprint density at radius 2 is 1.90 bits per heavy atom. The Bertz CT molecular complexity index is 185. The molecule has 2 amide bonds. The van der Waals surface area contributed by atoms with Crippen molar-refractivity contribution in [3.63, 3.8) is 0 Å². The van der Waals surface area contributed by atoms with Gasteiger partial charge in [0.1, 0.15) is 5.71 Å². The van der Waals surface area contributed by atoms with Crippen molar-refractivity contribution >= 4 is 17.5 Å². The van der Waals surface area contributed by atoms with Gasteiger partial charge in [0, 0.05) is 6.92 Å². The van der Waals surface area contributed by atoms with Crippen LogP contribution in [0.2, 0.25) is 0 Å². The molecule has 0 heterocycles. The van der Waals surface area contributed by atoms with Crippen molar-refractivity contribution < 1.29 is 9.59 Å². The van der Waals surface area contributed by atoms with Crippen molar-refractivity contribution in [1.82, 2.24) is 5.43 Å². The molecular formula is C5H9N3O2. The van der Waals surface area contributed by atoms with Crippen LogP contribution >= 0.6 is 0 Å². The van der Waals surface area contributed by atoms with E-state index in [1.54, 1.807) is 0 Å². The van der Waals surface area contributed by atoms with Gasteiger partial charge < -0.3 is 5.73 Å². The van der Waals surface area contributed by atoms with Gasteiger partial charge in [-0.1, -0.05) is 0 Å². The number of ketones is 1. The molecule has 0 aliphatic heterocycles. The number of hydrazone groups is 1. The van der Waals surface area contributed by atoms with Gasteiger partial charge in [0.15, 0.2) is 5.78 Å². The van der Waals surface area contributed by atoms with Crippen LogP contribution in [-0.4, -0.2) is 17.5 Å². The Morgan fingerprint density at radius 3 is 2.20 bits per heavy atom. The molecule has 0 aliphatic rings. The Morgan fingerprint density at radius 1 is 1.40 bits per heavy atom. The summed E-state index contributed by atoms with van der Waals surface area (Å²) in [6.07, 6.45) is 0. The second kappa shape index (κ2) is 3.60. The summed E-state index contributed by atoms with van der Waals surface area (Å²) in [6, 6.07) is -0.777. The third-order valence-corrected chi connectivity index (χ3v) is 0.843. The van der Waals surface area contributed by atoms with Crippen LogP contribution in [0, 0.1) is 0 Å². The molecule has 0 aromatic rings. The minimum atomic E-state index is -0.777. The van der Waals surface area contributed by atoms with Gasteiger partial charge in [0.25, 0.3) is 0 Å². The van der Waals surface area contributed by atoms with Crippen LogP contribution in [0.1, 0.15) is 13.8 Å². The predicted molar refractivity (Wildman–Crippen MR) is 36.5 cm³/mol. The summed E-state index contributed by atoms with van der Waals surface area (Å²) in [5.74, 6) is -0.200. The fourth-order valence-electron chi connectivity index (χ4n) is 0.218. The van der Waals surface area contributed by atoms with E-state index >= 15 is 0 Å². The molecule has 0 unspecified atom stereocenters. The number of urea groups is 1. The van der Waals surface area contributed by atoms with Crippen molar-refractivity contribution in [2.45, 2.75) is 13.8 Å². The van der Waals surface area contributed by atoms with Crippen LogP contribution in [0.5, 0.6) is 0 Å². The molecule has 0 aromatic heterocycles. The number of primary amides is 1. The van der Waals surface area contributed by atoms with Crippen LogP contribution in [-0.2, 0) is 4.79 Å². The number of rotatable bonds is 2. The van der Waals surface area contributed by atoms with Gasteiger partial charge >= 0.3 is 6.03 Å². The summed E-state index contributed by atoms with van der Waals surface area (Å²) in [5.41, 5.74) is 6.83. The van der Waals surface area contributed by atoms with Crippen molar-refractivity contribution in [3.8, 4) is 0 Å². The van der Waals surface area contributed by atoms with Gasteiger partial charge in [-0.25, -0.2) is 10.2 Å². The third kappa shape index (κ3) is 3.59. The first-order valence-electron chi connectivity index (χ1n) is 2.64. The average molecular weight is 143 g/mol. The highest BCUT2D eigenvalue weighted by atomic mass is 16.2. The monoisotopic (exact) mass is 143 g/mol. The zero-order chi connectivity index (χ0) is 8.15. The lowest BCUT2D eigenvalue weighted by Crippen LogP contribution is -2.26. The fraction of sp³-hybridized carbons (Fsp3) is 0.400. The molecule has 0 aliphatic carbocycles. The summed E-state index contributed by atoms with van der Waals surface area (Å²) in [6.45, 7) is 2.83. The van der Waals surface area contributed by atoms with Gasteiger partial charge in [-0.15, -0.1) is 0 Å². The molecule has 0 saturated heterocycles. The topological polar surface area (TPSA) is 84.6 Å². The number of nitrogens with one attached hydrogen (secondary N) is 1. The van der Waals surface area contributed by atoms with E-state index in [0.717, 1.165) is 0 Å². The maximum absolute atomic E-state index is 10.4. The van der Waals surface area contributed by atoms with Crippen LogP contribution in [0.4, 0.5) is 4.79 Å². The van der Waals surface area contributed by atoms with E-state index in [-0.39, 0.29) is 11.5 Å². The third-order valence-electron chi connectivity index (χ3n) is 0.843. The number of carbonyl (C=O) groups is 2. The zero-order valence-corrected chi connectivity index (χ0v) is 5.84. The normalized spacial score (nSPS) is 10.8. The molecule has 0 atom stereocenters. The highest BCUT2D eigenvalue weighted by Gasteiger charge is 1.96. The first-order valence-corrected chi connectivity index (χ1v) is 2.64. The van der Waals surface area contributed by atoms with Crippen LogP contribution in [0.25, 0.3) is 0 Å². The van der Waals surface area contributed by atoms with E-state index in [4.69, 9.17) is 0 Å². The van der Waals surface area contributed by atoms with Gasteiger partial charge in [-0.2, -0.15) is 5.10 Å². The second-order valence-electron chi connectivity index (χ2n) is 1.73. The van der Waals surface area contributed by atoms with E-state index in [9.17, 15) is 9.59 Å². The van der Waals surface area contributed by atoms with E-state index in [0.29, 0.717) is 0 Å². The molecule has 0 bridgehead atoms. The molecule has 0 radical (unpaired) electrons. The summed E-state index contributed by atoms with van der Waals surface area (Å²) in [4.78, 5) is 20.5. The SMILES string of the molecule is CC(=O)/C(C)=N/NC(N)=O. The average Bonchev–Trinajstić information content (AvgIpc) is 1.82. The minimum Gasteiger partial charge on any atom is -0.350 e. The van der Waals surface area contributed by atoms with E-state index in [1.165, 1.54) is 13.8 Å². The van der Waals surface area contributed by atoms with Crippen molar-refractivity contribution in [2.75, 3.05) is 0 Å². The molecule has 10 heavy (non-hydrogen) atoms. The molecule has 0 saturated carbocycles. The number of hydrogen-bond acceptors (Lipinski definition) is 3. The first-order chi connectivity index (χ1) is 4.54. The molecule has 5 nitrogen and oxygen atoms in total. The Balaban J connectivity index is 3.92. The molecule has 0 aromatic carbocycles. The predicted octanol–water partition coefficient (Wildman–Crippen LogP) is -0.380. The second-order valence-corrected chi connectivity index (χ2v) is 1.73. The van der Waals surface area contributed by atoms with Crippen LogP contribution < -0.4 is 11.2 Å². The van der Waals surface area contributed by atoms with Crippen LogP contribution in [0.3, 0.4) is 0 Å². The summed E-state index contributed by atoms with van der Waals surface area (Å²) < 4.78 is 0. The Kier molecular flexibility index (Phi) is 3.10. The highest BCUT2D eigenvalue weighted by molar-refractivity contribution is 6.38. The van der Waals surface area contributed by atoms with Gasteiger partial charge in [0.05, 0.1) is 0 Å². The number of nitrogens with zero attached hydrogens (tertiary/aromatic N) is 1. The van der Waals surface area contributed by atoms with Crippen molar-refractivity contribution in [3.05, 3.63) is 0 Å². The summed E-state index contributed by atoms with van der Waals surface area (Å²) in [5, 5.41) is 3.37. The minimum absolute atomic E-state index is 0.200. The molecule has 3 N–H and O–H groups in total. The zero-order valence-electron chi connectivity index (χ0n) is 5.84. The Labute approximate surface area is 58.3 Å². The maximum atomic E-state index is 10.4. The lowest BCUT2D eigenvalue weighted by molar-refractivity contribution is -0.111. The molecular weight excluding hydrogens is 134 g/mol. The van der Waals surface area contributed by atoms with Gasteiger partial charge in [0.2, 0.25) is 0 Å². The summed E-state index contributed by atoms with van der Waals surface area (Å²) >= 11 is 0. The molecule has 5 heteroatoms. The first kappa shape index (κ1) is 8.61. The van der Waals surface area contributed by atoms with Crippen LogP contribution in [0.15, 0.2) is 5.10 Å². The maximum Gasteiger partial charge on any atom is 0.332 e. The quantitative estimate of drug-likeness (QED) is 0.408. The molecule has 0 spiro atoms. The van der Waals surface area contributed by atoms with Crippen molar-refractivity contribution in [1.29, 1.82) is 0 Å².